The van der Waals surface area contributed by atoms with Gasteiger partial charge in [0.1, 0.15) is 0 Å². The highest BCUT2D eigenvalue weighted by Gasteiger charge is 2.52. The third kappa shape index (κ3) is 4.47. The summed E-state index contributed by atoms with van der Waals surface area (Å²) in [5.74, 6) is 0. The van der Waals surface area contributed by atoms with Crippen LogP contribution in [0.3, 0.4) is 0 Å². The van der Waals surface area contributed by atoms with Crippen molar-refractivity contribution in [3.63, 3.8) is 0 Å². The Kier molecular flexibility index (Phi) is 6.88. The number of rotatable bonds is 5. The molecule has 0 unspecified atom stereocenters. The summed E-state index contributed by atoms with van der Waals surface area (Å²) in [4.78, 5) is 2.32. The van der Waals surface area contributed by atoms with Crippen LogP contribution in [0.25, 0.3) is 60.9 Å². The van der Waals surface area contributed by atoms with Crippen LogP contribution in [0.1, 0.15) is 22.3 Å². The maximum absolute atomic E-state index is 2.46. The van der Waals surface area contributed by atoms with Crippen LogP contribution in [0, 0.1) is 0 Å². The van der Waals surface area contributed by atoms with Crippen LogP contribution >= 0.6 is 0 Å². The van der Waals surface area contributed by atoms with Crippen molar-refractivity contribution < 1.29 is 0 Å². The summed E-state index contributed by atoms with van der Waals surface area (Å²) < 4.78 is 2.46. The van der Waals surface area contributed by atoms with Crippen molar-refractivity contribution in [1.29, 1.82) is 0 Å². The number of para-hydroxylation sites is 3. The Morgan fingerprint density at radius 3 is 1.44 bits per heavy atom. The molecule has 2 heteroatoms. The first kappa shape index (κ1) is 31.9. The van der Waals surface area contributed by atoms with Gasteiger partial charge < -0.3 is 9.47 Å². The molecule has 0 saturated carbocycles. The topological polar surface area (TPSA) is 8.17 Å². The Labute approximate surface area is 332 Å². The zero-order valence-corrected chi connectivity index (χ0v) is 31.2. The van der Waals surface area contributed by atoms with E-state index in [4.69, 9.17) is 0 Å². The molecular weight excluding hydrogens is 689 g/mol. The van der Waals surface area contributed by atoms with Crippen LogP contribution in [-0.2, 0) is 5.41 Å². The van der Waals surface area contributed by atoms with Gasteiger partial charge in [-0.05, 0) is 122 Å². The fraction of sp³-hybridized carbons (Fsp3) is 0.0182. The summed E-state index contributed by atoms with van der Waals surface area (Å²) in [5.41, 5.74) is 19.7. The number of anilines is 3. The van der Waals surface area contributed by atoms with Gasteiger partial charge in [0.05, 0.1) is 16.4 Å². The van der Waals surface area contributed by atoms with Crippen molar-refractivity contribution in [3.8, 4) is 39.1 Å². The second-order valence-corrected chi connectivity index (χ2v) is 15.2. The molecule has 0 bridgehead atoms. The van der Waals surface area contributed by atoms with Gasteiger partial charge in [-0.2, -0.15) is 0 Å². The van der Waals surface area contributed by atoms with Gasteiger partial charge in [0.25, 0.3) is 0 Å². The largest absolute Gasteiger partial charge is 0.311 e. The quantitative estimate of drug-likeness (QED) is 0.172. The molecule has 0 radical (unpaired) electrons. The van der Waals surface area contributed by atoms with Gasteiger partial charge in [0.15, 0.2) is 0 Å². The molecule has 0 saturated heterocycles. The molecule has 2 aliphatic rings. The van der Waals surface area contributed by atoms with Crippen molar-refractivity contribution in [2.24, 2.45) is 0 Å². The zero-order valence-electron chi connectivity index (χ0n) is 31.2. The van der Waals surface area contributed by atoms with Crippen LogP contribution in [0.2, 0.25) is 0 Å². The first-order valence-electron chi connectivity index (χ1n) is 19.8. The molecule has 1 spiro atoms. The summed E-state index contributed by atoms with van der Waals surface area (Å²) in [6.45, 7) is 0. The fourth-order valence-electron chi connectivity index (χ4n) is 10.1. The predicted octanol–water partition coefficient (Wildman–Crippen LogP) is 14.3. The van der Waals surface area contributed by atoms with Crippen molar-refractivity contribution in [2.75, 3.05) is 4.90 Å². The minimum atomic E-state index is -0.398. The first-order chi connectivity index (χ1) is 28.3. The minimum absolute atomic E-state index is 0.398. The average Bonchev–Trinajstić information content (AvgIpc) is 3.89. The van der Waals surface area contributed by atoms with E-state index in [0.29, 0.717) is 0 Å². The second-order valence-electron chi connectivity index (χ2n) is 15.2. The Balaban J connectivity index is 1.10. The number of nitrogens with zero attached hydrogens (tertiary/aromatic N) is 2. The highest BCUT2D eigenvalue weighted by molar-refractivity contribution is 6.19. The number of hydrogen-bond acceptors (Lipinski definition) is 1. The molecule has 2 aliphatic carbocycles. The molecule has 1 heterocycles. The van der Waals surface area contributed by atoms with E-state index in [0.717, 1.165) is 22.7 Å². The van der Waals surface area contributed by atoms with Crippen LogP contribution < -0.4 is 4.90 Å². The molecule has 0 fully saturated rings. The molecule has 9 aromatic carbocycles. The minimum Gasteiger partial charge on any atom is -0.311 e. The van der Waals surface area contributed by atoms with E-state index in [1.165, 1.54) is 77.4 Å². The lowest BCUT2D eigenvalue weighted by molar-refractivity contribution is 0.794. The van der Waals surface area contributed by atoms with Gasteiger partial charge in [-0.1, -0.05) is 152 Å². The lowest BCUT2D eigenvalue weighted by Crippen LogP contribution is -2.25. The zero-order chi connectivity index (χ0) is 37.5. The Hall–Kier alpha value is -7.42. The molecular formula is C55H36N2. The number of benzene rings is 9. The summed E-state index contributed by atoms with van der Waals surface area (Å²) in [6.07, 6.45) is 0. The molecule has 10 aromatic rings. The van der Waals surface area contributed by atoms with E-state index >= 15 is 0 Å². The molecule has 0 aliphatic heterocycles. The van der Waals surface area contributed by atoms with E-state index in [1.807, 2.05) is 0 Å². The summed E-state index contributed by atoms with van der Waals surface area (Å²) in [7, 11) is 0. The Morgan fingerprint density at radius 1 is 0.351 bits per heavy atom. The lowest BCUT2D eigenvalue weighted by atomic mass is 9.70. The maximum Gasteiger partial charge on any atom is 0.0725 e. The number of aromatic nitrogens is 1. The average molecular weight is 725 g/mol. The molecule has 0 atom stereocenters. The van der Waals surface area contributed by atoms with Crippen molar-refractivity contribution >= 4 is 38.9 Å². The number of hydrogen-bond donors (Lipinski definition) is 0. The standard InChI is InChI=1S/C55H36N2/c1-4-16-39(17-5-1)56(40-18-6-2-7-19-40)42-31-28-37(29-32-42)38-30-34-51-46(36-38)54-52(57(51)41-20-8-3-9-21-41)35-33-50-53(54)45-24-12-15-27-49(45)55(50)47-25-13-10-22-43(47)44-23-11-14-26-48(44)55/h1-36H. The number of fused-ring (bicyclic) bond motifs is 14. The first-order valence-corrected chi connectivity index (χ1v) is 19.8. The monoisotopic (exact) mass is 724 g/mol. The smallest absolute Gasteiger partial charge is 0.0725 e. The molecule has 1 aromatic heterocycles. The Morgan fingerprint density at radius 2 is 0.825 bits per heavy atom. The van der Waals surface area contributed by atoms with Gasteiger partial charge in [-0.25, -0.2) is 0 Å². The van der Waals surface area contributed by atoms with Crippen molar-refractivity contribution in [1.82, 2.24) is 4.57 Å². The van der Waals surface area contributed by atoms with E-state index in [-0.39, 0.29) is 0 Å². The SMILES string of the molecule is c1ccc(N(c2ccccc2)c2ccc(-c3ccc4c(c3)c3c5c(ccc3n4-c3ccccc3)C3(c4ccccc4-c4ccccc43)c3ccccc3-5)cc2)cc1. The van der Waals surface area contributed by atoms with E-state index in [9.17, 15) is 0 Å². The third-order valence-corrected chi connectivity index (χ3v) is 12.4. The lowest BCUT2D eigenvalue weighted by Gasteiger charge is -2.30. The molecule has 266 valence electrons. The fourth-order valence-corrected chi connectivity index (χ4v) is 10.1. The molecule has 57 heavy (non-hydrogen) atoms. The van der Waals surface area contributed by atoms with Crippen molar-refractivity contribution in [2.45, 2.75) is 5.41 Å². The third-order valence-electron chi connectivity index (χ3n) is 12.4. The molecule has 0 amide bonds. The molecule has 2 nitrogen and oxygen atoms in total. The van der Waals surface area contributed by atoms with Gasteiger partial charge in [0, 0.05) is 33.5 Å². The molecule has 12 rings (SSSR count). The highest BCUT2D eigenvalue weighted by atomic mass is 15.1. The van der Waals surface area contributed by atoms with Gasteiger partial charge in [-0.15, -0.1) is 0 Å². The maximum atomic E-state index is 2.46. The van der Waals surface area contributed by atoms with E-state index in [2.05, 4.69) is 228 Å². The summed E-state index contributed by atoms with van der Waals surface area (Å²) in [5, 5.41) is 2.56. The van der Waals surface area contributed by atoms with Gasteiger partial charge >= 0.3 is 0 Å². The van der Waals surface area contributed by atoms with Crippen LogP contribution in [0.5, 0.6) is 0 Å². The van der Waals surface area contributed by atoms with E-state index in [1.54, 1.807) is 0 Å². The summed E-state index contributed by atoms with van der Waals surface area (Å²) >= 11 is 0. The van der Waals surface area contributed by atoms with Gasteiger partial charge in [-0.3, -0.25) is 0 Å². The van der Waals surface area contributed by atoms with Crippen molar-refractivity contribution in [3.05, 3.63) is 241 Å². The predicted molar refractivity (Wildman–Crippen MR) is 237 cm³/mol. The molecule has 0 N–H and O–H groups in total. The summed E-state index contributed by atoms with van der Waals surface area (Å²) in [6, 6.07) is 80.2. The Bertz CT molecular complexity index is 3070. The normalized spacial score (nSPS) is 13.1. The van der Waals surface area contributed by atoms with E-state index < -0.39 is 5.41 Å². The van der Waals surface area contributed by atoms with Gasteiger partial charge in [0.2, 0.25) is 0 Å². The van der Waals surface area contributed by atoms with Crippen LogP contribution in [0.15, 0.2) is 218 Å². The van der Waals surface area contributed by atoms with Crippen LogP contribution in [0.4, 0.5) is 17.1 Å². The van der Waals surface area contributed by atoms with Crippen LogP contribution in [-0.4, -0.2) is 4.57 Å². The second kappa shape index (κ2) is 12.3. The highest BCUT2D eigenvalue weighted by Crippen LogP contribution is 2.64.